The number of hydrogen-bond acceptors (Lipinski definition) is 6. The Labute approximate surface area is 203 Å². The van der Waals surface area contributed by atoms with Crippen LogP contribution in [-0.2, 0) is 11.4 Å². The highest BCUT2D eigenvalue weighted by Crippen LogP contribution is 2.34. The fourth-order valence-electron chi connectivity index (χ4n) is 3.47. The van der Waals surface area contributed by atoms with Crippen molar-refractivity contribution in [1.82, 2.24) is 4.90 Å². The number of para-hydroxylation sites is 1. The molecule has 34 heavy (non-hydrogen) atoms. The number of nitrogens with zero attached hydrogens (tertiary/aromatic N) is 1. The van der Waals surface area contributed by atoms with Crippen LogP contribution in [0.1, 0.15) is 16.7 Å². The second-order valence-corrected chi connectivity index (χ2v) is 8.68. The summed E-state index contributed by atoms with van der Waals surface area (Å²) in [7, 11) is 1.57. The maximum absolute atomic E-state index is 12.8. The minimum atomic E-state index is -0.328. The zero-order valence-corrected chi connectivity index (χ0v) is 19.8. The molecule has 1 aliphatic rings. The number of benzene rings is 3. The van der Waals surface area contributed by atoms with E-state index in [1.54, 1.807) is 25.3 Å². The quantitative estimate of drug-likeness (QED) is 0.370. The molecule has 0 bridgehead atoms. The Kier molecular flexibility index (Phi) is 7.54. The molecule has 174 valence electrons. The van der Waals surface area contributed by atoms with Crippen LogP contribution in [0.5, 0.6) is 17.2 Å². The second kappa shape index (κ2) is 10.9. The normalized spacial score (nSPS) is 14.5. The van der Waals surface area contributed by atoms with Crippen molar-refractivity contribution in [2.75, 3.05) is 20.3 Å². The van der Waals surface area contributed by atoms with E-state index in [0.29, 0.717) is 28.8 Å². The van der Waals surface area contributed by atoms with Crippen LogP contribution in [0.4, 0.5) is 4.79 Å². The van der Waals surface area contributed by atoms with Crippen LogP contribution >= 0.6 is 11.8 Å². The Morgan fingerprint density at radius 3 is 2.50 bits per heavy atom. The van der Waals surface area contributed by atoms with Crippen LogP contribution in [0.2, 0.25) is 0 Å². The lowest BCUT2D eigenvalue weighted by Gasteiger charge is -2.13. The molecule has 0 N–H and O–H groups in total. The van der Waals surface area contributed by atoms with E-state index >= 15 is 0 Å². The first-order valence-corrected chi connectivity index (χ1v) is 11.6. The van der Waals surface area contributed by atoms with Gasteiger partial charge in [-0.25, -0.2) is 0 Å². The molecular formula is C27H25NO5S. The molecule has 2 amide bonds. The molecule has 3 aromatic carbocycles. The van der Waals surface area contributed by atoms with Crippen LogP contribution in [0.25, 0.3) is 6.08 Å². The van der Waals surface area contributed by atoms with Gasteiger partial charge in [0.2, 0.25) is 0 Å². The molecule has 0 aromatic heterocycles. The van der Waals surface area contributed by atoms with Crippen LogP contribution in [-0.4, -0.2) is 36.3 Å². The Morgan fingerprint density at radius 1 is 0.912 bits per heavy atom. The minimum absolute atomic E-state index is 0.186. The van der Waals surface area contributed by atoms with Gasteiger partial charge in [0.05, 0.1) is 18.6 Å². The topological polar surface area (TPSA) is 65.1 Å². The summed E-state index contributed by atoms with van der Waals surface area (Å²) in [6.07, 6.45) is 1.69. The van der Waals surface area contributed by atoms with E-state index in [-0.39, 0.29) is 24.3 Å². The van der Waals surface area contributed by atoms with E-state index in [1.165, 1.54) is 10.5 Å². The number of ether oxygens (including phenoxy) is 3. The minimum Gasteiger partial charge on any atom is -0.493 e. The van der Waals surface area contributed by atoms with Gasteiger partial charge in [0.25, 0.3) is 11.1 Å². The smallest absolute Gasteiger partial charge is 0.293 e. The van der Waals surface area contributed by atoms with Gasteiger partial charge in [0.15, 0.2) is 11.5 Å². The molecule has 0 saturated carbocycles. The van der Waals surface area contributed by atoms with Gasteiger partial charge < -0.3 is 14.2 Å². The Morgan fingerprint density at radius 2 is 1.74 bits per heavy atom. The van der Waals surface area contributed by atoms with Crippen LogP contribution in [0, 0.1) is 6.92 Å². The van der Waals surface area contributed by atoms with Crippen molar-refractivity contribution >= 4 is 29.0 Å². The molecule has 0 spiro atoms. The van der Waals surface area contributed by atoms with E-state index < -0.39 is 0 Å². The van der Waals surface area contributed by atoms with E-state index in [9.17, 15) is 9.59 Å². The van der Waals surface area contributed by atoms with E-state index in [2.05, 4.69) is 6.07 Å². The average Bonchev–Trinajstić information content (AvgIpc) is 3.11. The number of carbonyl (C=O) groups is 2. The first-order valence-electron chi connectivity index (χ1n) is 10.8. The summed E-state index contributed by atoms with van der Waals surface area (Å²) >= 11 is 0.920. The van der Waals surface area contributed by atoms with Crippen molar-refractivity contribution in [3.05, 3.63) is 94.4 Å². The van der Waals surface area contributed by atoms with Crippen molar-refractivity contribution in [3.63, 3.8) is 0 Å². The van der Waals surface area contributed by atoms with Crippen molar-refractivity contribution in [2.24, 2.45) is 0 Å². The predicted octanol–water partition coefficient (Wildman–Crippen LogP) is 5.70. The third-order valence-corrected chi connectivity index (χ3v) is 6.07. The monoisotopic (exact) mass is 475 g/mol. The number of rotatable bonds is 9. The fourth-order valence-corrected chi connectivity index (χ4v) is 4.34. The standard InChI is InChI=1S/C27H25NO5S/c1-19-7-6-8-21(15-19)18-33-23-12-11-20(16-24(23)31-2)17-25-26(29)28(27(30)34-25)13-14-32-22-9-4-3-5-10-22/h3-12,15-17H,13-14,18H2,1-2H3/b25-17-. The van der Waals surface area contributed by atoms with Gasteiger partial charge in [0, 0.05) is 0 Å². The maximum atomic E-state index is 12.8. The first-order chi connectivity index (χ1) is 16.5. The molecule has 4 rings (SSSR count). The van der Waals surface area contributed by atoms with Crippen LogP contribution in [0.15, 0.2) is 77.7 Å². The van der Waals surface area contributed by atoms with Gasteiger partial charge >= 0.3 is 0 Å². The molecule has 1 saturated heterocycles. The van der Waals surface area contributed by atoms with Gasteiger partial charge in [-0.05, 0) is 60.2 Å². The zero-order chi connectivity index (χ0) is 23.9. The first kappa shape index (κ1) is 23.4. The number of amides is 2. The molecule has 7 heteroatoms. The number of methoxy groups -OCH3 is 1. The summed E-state index contributed by atoms with van der Waals surface area (Å²) in [6, 6.07) is 22.8. The molecule has 0 radical (unpaired) electrons. The highest BCUT2D eigenvalue weighted by atomic mass is 32.2. The SMILES string of the molecule is COc1cc(/C=C2\SC(=O)N(CCOc3ccccc3)C2=O)ccc1OCc1cccc(C)c1. The second-order valence-electron chi connectivity index (χ2n) is 7.68. The zero-order valence-electron chi connectivity index (χ0n) is 19.0. The molecular weight excluding hydrogens is 450 g/mol. The summed E-state index contributed by atoms with van der Waals surface area (Å²) in [5.41, 5.74) is 2.98. The van der Waals surface area contributed by atoms with Crippen molar-refractivity contribution < 1.29 is 23.8 Å². The lowest BCUT2D eigenvalue weighted by molar-refractivity contribution is -0.123. The number of aryl methyl sites for hydroxylation is 1. The van der Waals surface area contributed by atoms with Crippen LogP contribution in [0.3, 0.4) is 0 Å². The van der Waals surface area contributed by atoms with Gasteiger partial charge in [-0.1, -0.05) is 54.1 Å². The maximum Gasteiger partial charge on any atom is 0.293 e. The number of carbonyl (C=O) groups excluding carboxylic acids is 2. The van der Waals surface area contributed by atoms with Crippen molar-refractivity contribution in [1.29, 1.82) is 0 Å². The third-order valence-electron chi connectivity index (χ3n) is 5.16. The van der Waals surface area contributed by atoms with E-state index in [4.69, 9.17) is 14.2 Å². The Bertz CT molecular complexity index is 1210. The predicted molar refractivity (Wildman–Crippen MR) is 133 cm³/mol. The molecule has 0 unspecified atom stereocenters. The van der Waals surface area contributed by atoms with Crippen molar-refractivity contribution in [3.8, 4) is 17.2 Å². The Hall–Kier alpha value is -3.71. The fraction of sp³-hybridized carbons (Fsp3) is 0.185. The number of hydrogen-bond donors (Lipinski definition) is 0. The largest absolute Gasteiger partial charge is 0.493 e. The van der Waals surface area contributed by atoms with Crippen molar-refractivity contribution in [2.45, 2.75) is 13.5 Å². The van der Waals surface area contributed by atoms with Gasteiger partial charge in [-0.15, -0.1) is 0 Å². The molecule has 0 aliphatic carbocycles. The lowest BCUT2D eigenvalue weighted by Crippen LogP contribution is -2.32. The summed E-state index contributed by atoms with van der Waals surface area (Å²) in [4.78, 5) is 26.7. The third kappa shape index (κ3) is 5.80. The van der Waals surface area contributed by atoms with Gasteiger partial charge in [-0.2, -0.15) is 0 Å². The number of imide groups is 1. The molecule has 0 atom stereocenters. The highest BCUT2D eigenvalue weighted by Gasteiger charge is 2.34. The number of thioether (sulfide) groups is 1. The molecule has 6 nitrogen and oxygen atoms in total. The molecule has 1 heterocycles. The lowest BCUT2D eigenvalue weighted by atomic mass is 10.1. The Balaban J connectivity index is 1.40. The van der Waals surface area contributed by atoms with Gasteiger partial charge in [0.1, 0.15) is 19.0 Å². The summed E-state index contributed by atoms with van der Waals surface area (Å²) in [5, 5.41) is -0.307. The summed E-state index contributed by atoms with van der Waals surface area (Å²) < 4.78 is 17.0. The van der Waals surface area contributed by atoms with E-state index in [1.807, 2.05) is 61.5 Å². The summed E-state index contributed by atoms with van der Waals surface area (Å²) in [5.74, 6) is 1.52. The molecule has 3 aromatic rings. The van der Waals surface area contributed by atoms with Gasteiger partial charge in [-0.3, -0.25) is 14.5 Å². The van der Waals surface area contributed by atoms with E-state index in [0.717, 1.165) is 22.9 Å². The highest BCUT2D eigenvalue weighted by molar-refractivity contribution is 8.18. The average molecular weight is 476 g/mol. The summed E-state index contributed by atoms with van der Waals surface area (Å²) in [6.45, 7) is 2.88. The molecule has 1 aliphatic heterocycles. The molecule has 1 fully saturated rings. The van der Waals surface area contributed by atoms with Crippen LogP contribution < -0.4 is 14.2 Å².